The lowest BCUT2D eigenvalue weighted by Gasteiger charge is -2.09. The number of anilines is 1. The number of carboxylic acids is 2. The van der Waals surface area contributed by atoms with Crippen molar-refractivity contribution < 1.29 is 19.8 Å². The Hall–Kier alpha value is -1.70. The molecular weight excluding hydrogens is 210 g/mol. The van der Waals surface area contributed by atoms with Gasteiger partial charge in [0.25, 0.3) is 0 Å². The van der Waals surface area contributed by atoms with Crippen molar-refractivity contribution in [2.45, 2.75) is 12.5 Å². The van der Waals surface area contributed by atoms with Crippen LogP contribution in [-0.2, 0) is 9.59 Å². The first-order valence-corrected chi connectivity index (χ1v) is 4.34. The number of hydrogen-bond donors (Lipinski definition) is 3. The van der Waals surface area contributed by atoms with Crippen LogP contribution in [0.25, 0.3) is 0 Å². The average Bonchev–Trinajstić information content (AvgIpc) is 2.54. The van der Waals surface area contributed by atoms with Crippen LogP contribution in [0.5, 0.6) is 0 Å². The van der Waals surface area contributed by atoms with Gasteiger partial charge in [-0.05, 0) is 0 Å². The molecule has 0 aliphatic rings. The van der Waals surface area contributed by atoms with E-state index < -0.39 is 24.4 Å². The van der Waals surface area contributed by atoms with Crippen LogP contribution in [0.4, 0.5) is 5.13 Å². The smallest absolute Gasteiger partial charge is 0.326 e. The fourth-order valence-corrected chi connectivity index (χ4v) is 1.24. The van der Waals surface area contributed by atoms with Gasteiger partial charge >= 0.3 is 11.9 Å². The van der Waals surface area contributed by atoms with Crippen molar-refractivity contribution >= 4 is 28.6 Å². The Morgan fingerprint density at radius 3 is 2.71 bits per heavy atom. The summed E-state index contributed by atoms with van der Waals surface area (Å²) in [7, 11) is 0. The molecule has 3 N–H and O–H groups in total. The number of aromatic nitrogens is 2. The van der Waals surface area contributed by atoms with Crippen molar-refractivity contribution in [3.63, 3.8) is 0 Å². The molecule has 0 amide bonds. The lowest BCUT2D eigenvalue weighted by molar-refractivity contribution is -0.144. The molecule has 0 spiro atoms. The molecule has 7 nitrogen and oxygen atoms in total. The molecule has 76 valence electrons. The molecule has 0 bridgehead atoms. The minimum absolute atomic E-state index is 0.290. The van der Waals surface area contributed by atoms with Gasteiger partial charge in [0, 0.05) is 11.5 Å². The van der Waals surface area contributed by atoms with Crippen LogP contribution in [0.15, 0.2) is 6.33 Å². The summed E-state index contributed by atoms with van der Waals surface area (Å²) >= 11 is 0.967. The highest BCUT2D eigenvalue weighted by molar-refractivity contribution is 7.09. The Labute approximate surface area is 82.6 Å². The summed E-state index contributed by atoms with van der Waals surface area (Å²) in [6.45, 7) is 0. The van der Waals surface area contributed by atoms with Gasteiger partial charge in [0.15, 0.2) is 0 Å². The molecule has 0 aliphatic heterocycles. The zero-order valence-electron chi connectivity index (χ0n) is 6.88. The van der Waals surface area contributed by atoms with Gasteiger partial charge in [-0.2, -0.15) is 4.37 Å². The molecule has 1 unspecified atom stereocenters. The number of nitrogens with zero attached hydrogens (tertiary/aromatic N) is 2. The predicted molar refractivity (Wildman–Crippen MR) is 47.2 cm³/mol. The Morgan fingerprint density at radius 1 is 1.57 bits per heavy atom. The van der Waals surface area contributed by atoms with Crippen molar-refractivity contribution in [3.05, 3.63) is 6.33 Å². The van der Waals surface area contributed by atoms with Crippen molar-refractivity contribution in [2.24, 2.45) is 0 Å². The number of carbonyl (C=O) groups is 2. The fraction of sp³-hybridized carbons (Fsp3) is 0.333. The van der Waals surface area contributed by atoms with Gasteiger partial charge in [0.2, 0.25) is 5.13 Å². The van der Waals surface area contributed by atoms with Gasteiger partial charge in [0.05, 0.1) is 6.42 Å². The zero-order chi connectivity index (χ0) is 10.6. The maximum atomic E-state index is 10.6. The first-order chi connectivity index (χ1) is 6.59. The van der Waals surface area contributed by atoms with E-state index >= 15 is 0 Å². The summed E-state index contributed by atoms with van der Waals surface area (Å²) < 4.78 is 3.64. The molecule has 0 radical (unpaired) electrons. The molecule has 1 rings (SSSR count). The molecule has 8 heteroatoms. The van der Waals surface area contributed by atoms with E-state index in [0.717, 1.165) is 11.5 Å². The van der Waals surface area contributed by atoms with Crippen LogP contribution in [0.3, 0.4) is 0 Å². The van der Waals surface area contributed by atoms with E-state index in [1.54, 1.807) is 0 Å². The summed E-state index contributed by atoms with van der Waals surface area (Å²) in [6, 6.07) is -1.18. The molecule has 1 heterocycles. The molecule has 1 aromatic heterocycles. The first kappa shape index (κ1) is 10.4. The number of hydrogen-bond acceptors (Lipinski definition) is 6. The fourth-order valence-electron chi connectivity index (χ4n) is 0.760. The Morgan fingerprint density at radius 2 is 2.29 bits per heavy atom. The van der Waals surface area contributed by atoms with Crippen LogP contribution in [0.2, 0.25) is 0 Å². The second kappa shape index (κ2) is 4.51. The minimum Gasteiger partial charge on any atom is -0.481 e. The molecule has 0 aromatic carbocycles. The number of aliphatic carboxylic acids is 2. The third-order valence-electron chi connectivity index (χ3n) is 1.34. The van der Waals surface area contributed by atoms with E-state index in [-0.39, 0.29) is 0 Å². The molecule has 0 saturated carbocycles. The molecule has 1 atom stereocenters. The third kappa shape index (κ3) is 2.98. The summed E-state index contributed by atoms with van der Waals surface area (Å²) in [6.07, 6.45) is 0.752. The molecule has 0 aliphatic carbocycles. The molecule has 1 aromatic rings. The number of nitrogens with one attached hydrogen (secondary N) is 1. The maximum absolute atomic E-state index is 10.6. The highest BCUT2D eigenvalue weighted by Gasteiger charge is 2.21. The highest BCUT2D eigenvalue weighted by atomic mass is 32.1. The van der Waals surface area contributed by atoms with Gasteiger partial charge in [-0.25, -0.2) is 9.78 Å². The van der Waals surface area contributed by atoms with E-state index in [9.17, 15) is 9.59 Å². The van der Waals surface area contributed by atoms with Gasteiger partial charge in [-0.1, -0.05) is 0 Å². The van der Waals surface area contributed by atoms with E-state index in [2.05, 4.69) is 14.7 Å². The standard InChI is InChI=1S/C6H7N3O4S/c10-4(11)1-3(5(12)13)9-6-7-2-8-14-6/h2-3H,1H2,(H,10,11)(H,12,13)(H,7,8,9). The monoisotopic (exact) mass is 217 g/mol. The highest BCUT2D eigenvalue weighted by Crippen LogP contribution is 2.10. The molecular formula is C6H7N3O4S. The van der Waals surface area contributed by atoms with Crippen LogP contribution in [0, 0.1) is 0 Å². The van der Waals surface area contributed by atoms with Crippen LogP contribution in [-0.4, -0.2) is 37.6 Å². The van der Waals surface area contributed by atoms with Crippen molar-refractivity contribution in [3.8, 4) is 0 Å². The zero-order valence-corrected chi connectivity index (χ0v) is 7.69. The van der Waals surface area contributed by atoms with Crippen LogP contribution >= 0.6 is 11.5 Å². The van der Waals surface area contributed by atoms with Gasteiger partial charge in [-0.15, -0.1) is 0 Å². The van der Waals surface area contributed by atoms with Gasteiger partial charge in [-0.3, -0.25) is 4.79 Å². The summed E-state index contributed by atoms with van der Waals surface area (Å²) in [4.78, 5) is 24.6. The number of rotatable bonds is 5. The summed E-state index contributed by atoms with van der Waals surface area (Å²) in [5.41, 5.74) is 0. The topological polar surface area (TPSA) is 112 Å². The minimum atomic E-state index is -1.23. The average molecular weight is 217 g/mol. The Bertz CT molecular complexity index is 326. The summed E-state index contributed by atoms with van der Waals surface area (Å²) in [5.74, 6) is -2.42. The van der Waals surface area contributed by atoms with E-state index in [4.69, 9.17) is 10.2 Å². The second-order valence-corrected chi connectivity index (χ2v) is 3.16. The normalized spacial score (nSPS) is 12.0. The largest absolute Gasteiger partial charge is 0.481 e. The lowest BCUT2D eigenvalue weighted by Crippen LogP contribution is -2.31. The van der Waals surface area contributed by atoms with Gasteiger partial charge < -0.3 is 15.5 Å². The third-order valence-corrected chi connectivity index (χ3v) is 1.93. The van der Waals surface area contributed by atoms with Crippen molar-refractivity contribution in [2.75, 3.05) is 5.32 Å². The summed E-state index contributed by atoms with van der Waals surface area (Å²) in [5, 5.41) is 19.8. The molecule has 0 saturated heterocycles. The van der Waals surface area contributed by atoms with Crippen LogP contribution in [0.1, 0.15) is 6.42 Å². The quantitative estimate of drug-likeness (QED) is 0.630. The molecule has 14 heavy (non-hydrogen) atoms. The predicted octanol–water partition coefficient (Wildman–Crippen LogP) is -0.122. The Balaban J connectivity index is 2.60. The Kier molecular flexibility index (Phi) is 3.35. The van der Waals surface area contributed by atoms with Crippen molar-refractivity contribution in [1.82, 2.24) is 9.36 Å². The van der Waals surface area contributed by atoms with E-state index in [1.807, 2.05) is 0 Å². The number of carboxylic acid groups (broad SMARTS) is 2. The van der Waals surface area contributed by atoms with Gasteiger partial charge in [0.1, 0.15) is 12.4 Å². The SMILES string of the molecule is O=C(O)CC(Nc1ncns1)C(=O)O. The lowest BCUT2D eigenvalue weighted by atomic mass is 10.2. The first-order valence-electron chi connectivity index (χ1n) is 3.57. The maximum Gasteiger partial charge on any atom is 0.326 e. The molecule has 0 fully saturated rings. The van der Waals surface area contributed by atoms with E-state index in [0.29, 0.717) is 5.13 Å². The second-order valence-electron chi connectivity index (χ2n) is 2.38. The van der Waals surface area contributed by atoms with Crippen molar-refractivity contribution in [1.29, 1.82) is 0 Å². The van der Waals surface area contributed by atoms with Crippen LogP contribution < -0.4 is 5.32 Å². The van der Waals surface area contributed by atoms with E-state index in [1.165, 1.54) is 6.33 Å².